The summed E-state index contributed by atoms with van der Waals surface area (Å²) < 4.78 is 32.8. The molecule has 2 N–H and O–H groups in total. The van der Waals surface area contributed by atoms with E-state index in [4.69, 9.17) is 22.1 Å². The van der Waals surface area contributed by atoms with Gasteiger partial charge in [0.25, 0.3) is 0 Å². The summed E-state index contributed by atoms with van der Waals surface area (Å²) in [5.41, 5.74) is 6.54. The molecule has 3 nitrogen and oxygen atoms in total. The van der Waals surface area contributed by atoms with E-state index in [1.54, 1.807) is 12.3 Å². The van der Waals surface area contributed by atoms with E-state index in [1.807, 2.05) is 6.92 Å². The summed E-state index contributed by atoms with van der Waals surface area (Å²) in [7, 11) is 0. The molecule has 0 radical (unpaired) electrons. The first-order valence-corrected chi connectivity index (χ1v) is 6.88. The molecule has 0 saturated heterocycles. The van der Waals surface area contributed by atoms with Crippen molar-refractivity contribution in [3.8, 4) is 5.75 Å². The Bertz CT molecular complexity index is 637. The zero-order valence-corrected chi connectivity index (χ0v) is 12.2. The average Bonchev–Trinajstić information content (AvgIpc) is 2.48. The predicted molar refractivity (Wildman–Crippen MR) is 77.4 cm³/mol. The summed E-state index contributed by atoms with van der Waals surface area (Å²) in [4.78, 5) is 4.01. The maximum atomic E-state index is 13.9. The van der Waals surface area contributed by atoms with Gasteiger partial charge in [0.1, 0.15) is 17.4 Å². The third-order valence-electron chi connectivity index (χ3n) is 2.94. The van der Waals surface area contributed by atoms with Crippen LogP contribution in [0.3, 0.4) is 0 Å². The molecule has 0 aliphatic heterocycles. The van der Waals surface area contributed by atoms with E-state index in [2.05, 4.69) is 4.98 Å². The van der Waals surface area contributed by atoms with Gasteiger partial charge in [-0.3, -0.25) is 4.98 Å². The highest BCUT2D eigenvalue weighted by molar-refractivity contribution is 6.30. The van der Waals surface area contributed by atoms with Gasteiger partial charge in [-0.05, 0) is 30.2 Å². The quantitative estimate of drug-likeness (QED) is 0.853. The molecular weight excluding hydrogens is 298 g/mol. The van der Waals surface area contributed by atoms with E-state index in [1.165, 1.54) is 6.20 Å². The minimum absolute atomic E-state index is 0.0198. The fourth-order valence-electron chi connectivity index (χ4n) is 1.86. The number of halogens is 3. The van der Waals surface area contributed by atoms with Gasteiger partial charge >= 0.3 is 0 Å². The van der Waals surface area contributed by atoms with Crippen molar-refractivity contribution in [1.29, 1.82) is 0 Å². The van der Waals surface area contributed by atoms with E-state index in [0.717, 1.165) is 18.6 Å². The Balaban J connectivity index is 2.31. The third-order valence-corrected chi connectivity index (χ3v) is 3.23. The number of aromatic nitrogens is 1. The first kappa shape index (κ1) is 15.7. The SMILES string of the molecule is CCCOc1cncc(C(N)c2cc(F)c(Cl)cc2F)c1. The van der Waals surface area contributed by atoms with Crippen LogP contribution < -0.4 is 10.5 Å². The summed E-state index contributed by atoms with van der Waals surface area (Å²) in [6.07, 6.45) is 3.90. The molecule has 1 aromatic heterocycles. The standard InChI is InChI=1S/C15H15ClF2N2O/c1-2-3-21-10-4-9(7-20-8-10)15(19)11-5-14(18)12(16)6-13(11)17/h4-8,15H,2-3,19H2,1H3. The zero-order valence-electron chi connectivity index (χ0n) is 11.4. The lowest BCUT2D eigenvalue weighted by Crippen LogP contribution is -2.14. The molecule has 1 heterocycles. The number of benzene rings is 1. The molecule has 0 amide bonds. The van der Waals surface area contributed by atoms with Gasteiger partial charge in [0.2, 0.25) is 0 Å². The Kier molecular flexibility index (Phi) is 5.09. The number of nitrogens with two attached hydrogens (primary N) is 1. The number of pyridine rings is 1. The normalized spacial score (nSPS) is 12.2. The van der Waals surface area contributed by atoms with Crippen molar-refractivity contribution >= 4 is 11.6 Å². The third kappa shape index (κ3) is 3.68. The molecule has 0 fully saturated rings. The molecule has 0 aliphatic rings. The summed E-state index contributed by atoms with van der Waals surface area (Å²) in [6.45, 7) is 2.53. The molecular formula is C15H15ClF2N2O. The molecule has 0 saturated carbocycles. The van der Waals surface area contributed by atoms with Gasteiger partial charge in [-0.2, -0.15) is 0 Å². The Morgan fingerprint density at radius 1 is 1.24 bits per heavy atom. The molecule has 21 heavy (non-hydrogen) atoms. The van der Waals surface area contributed by atoms with Crippen LogP contribution in [0.1, 0.15) is 30.5 Å². The smallest absolute Gasteiger partial charge is 0.142 e. The monoisotopic (exact) mass is 312 g/mol. The molecule has 2 rings (SSSR count). The Labute approximate surface area is 126 Å². The first-order valence-electron chi connectivity index (χ1n) is 6.50. The fraction of sp³-hybridized carbons (Fsp3) is 0.267. The van der Waals surface area contributed by atoms with Crippen LogP contribution in [0, 0.1) is 11.6 Å². The van der Waals surface area contributed by atoms with Crippen molar-refractivity contribution in [2.24, 2.45) is 5.73 Å². The van der Waals surface area contributed by atoms with Gasteiger partial charge in [0.15, 0.2) is 0 Å². The molecule has 6 heteroatoms. The van der Waals surface area contributed by atoms with Gasteiger partial charge in [0.05, 0.1) is 23.9 Å². The van der Waals surface area contributed by atoms with Gasteiger partial charge in [0, 0.05) is 11.8 Å². The van der Waals surface area contributed by atoms with Crippen LogP contribution in [0.4, 0.5) is 8.78 Å². The molecule has 1 aromatic carbocycles. The maximum absolute atomic E-state index is 13.9. The van der Waals surface area contributed by atoms with E-state index in [0.29, 0.717) is 17.9 Å². The summed E-state index contributed by atoms with van der Waals surface area (Å²) in [5, 5.41) is -0.276. The van der Waals surface area contributed by atoms with Crippen LogP contribution in [0.2, 0.25) is 5.02 Å². The molecule has 112 valence electrons. The zero-order chi connectivity index (χ0) is 15.4. The van der Waals surface area contributed by atoms with Crippen LogP contribution in [-0.4, -0.2) is 11.6 Å². The number of rotatable bonds is 5. The lowest BCUT2D eigenvalue weighted by Gasteiger charge is -2.15. The van der Waals surface area contributed by atoms with Crippen molar-refractivity contribution in [3.05, 3.63) is 58.4 Å². The molecule has 1 unspecified atom stereocenters. The maximum Gasteiger partial charge on any atom is 0.142 e. The fourth-order valence-corrected chi connectivity index (χ4v) is 2.01. The predicted octanol–water partition coefficient (Wildman–Crippen LogP) is 3.85. The second-order valence-corrected chi connectivity index (χ2v) is 4.98. The van der Waals surface area contributed by atoms with Crippen LogP contribution in [0.25, 0.3) is 0 Å². The Morgan fingerprint density at radius 2 is 2.00 bits per heavy atom. The van der Waals surface area contributed by atoms with Crippen molar-refractivity contribution in [2.75, 3.05) is 6.61 Å². The van der Waals surface area contributed by atoms with Crippen molar-refractivity contribution in [1.82, 2.24) is 4.98 Å². The molecule has 0 bridgehead atoms. The molecule has 2 aromatic rings. The largest absolute Gasteiger partial charge is 0.492 e. The number of hydrogen-bond acceptors (Lipinski definition) is 3. The summed E-state index contributed by atoms with van der Waals surface area (Å²) in [5.74, 6) is -0.830. The van der Waals surface area contributed by atoms with E-state index in [9.17, 15) is 8.78 Å². The molecule has 0 spiro atoms. The minimum Gasteiger partial charge on any atom is -0.492 e. The second-order valence-electron chi connectivity index (χ2n) is 4.57. The summed E-state index contributed by atoms with van der Waals surface area (Å²) >= 11 is 5.53. The Hall–Kier alpha value is -1.72. The van der Waals surface area contributed by atoms with Crippen molar-refractivity contribution < 1.29 is 13.5 Å². The second kappa shape index (κ2) is 6.83. The molecule has 1 atom stereocenters. The van der Waals surface area contributed by atoms with E-state index < -0.39 is 17.7 Å². The Morgan fingerprint density at radius 3 is 2.71 bits per heavy atom. The number of nitrogens with zero attached hydrogens (tertiary/aromatic N) is 1. The lowest BCUT2D eigenvalue weighted by atomic mass is 10.0. The van der Waals surface area contributed by atoms with Crippen LogP contribution in [0.15, 0.2) is 30.6 Å². The van der Waals surface area contributed by atoms with Crippen LogP contribution in [-0.2, 0) is 0 Å². The topological polar surface area (TPSA) is 48.1 Å². The number of ether oxygens (including phenoxy) is 1. The van der Waals surface area contributed by atoms with E-state index >= 15 is 0 Å². The highest BCUT2D eigenvalue weighted by Gasteiger charge is 2.17. The number of hydrogen-bond donors (Lipinski definition) is 1. The first-order chi connectivity index (χ1) is 10.0. The minimum atomic E-state index is -0.852. The van der Waals surface area contributed by atoms with Gasteiger partial charge in [-0.25, -0.2) is 8.78 Å². The van der Waals surface area contributed by atoms with Gasteiger partial charge in [-0.15, -0.1) is 0 Å². The lowest BCUT2D eigenvalue weighted by molar-refractivity contribution is 0.315. The van der Waals surface area contributed by atoms with Crippen LogP contribution >= 0.6 is 11.6 Å². The summed E-state index contributed by atoms with van der Waals surface area (Å²) in [6, 6.07) is 2.73. The average molecular weight is 313 g/mol. The van der Waals surface area contributed by atoms with Crippen LogP contribution in [0.5, 0.6) is 5.75 Å². The van der Waals surface area contributed by atoms with Gasteiger partial charge in [-0.1, -0.05) is 18.5 Å². The highest BCUT2D eigenvalue weighted by atomic mass is 35.5. The van der Waals surface area contributed by atoms with Gasteiger partial charge < -0.3 is 10.5 Å². The highest BCUT2D eigenvalue weighted by Crippen LogP contribution is 2.27. The van der Waals surface area contributed by atoms with Crippen molar-refractivity contribution in [2.45, 2.75) is 19.4 Å². The van der Waals surface area contributed by atoms with E-state index in [-0.39, 0.29) is 10.6 Å². The van der Waals surface area contributed by atoms with Crippen molar-refractivity contribution in [3.63, 3.8) is 0 Å². The molecule has 0 aliphatic carbocycles.